The Morgan fingerprint density at radius 1 is 1.40 bits per heavy atom. The summed E-state index contributed by atoms with van der Waals surface area (Å²) < 4.78 is 1.16. The second-order valence-electron chi connectivity index (χ2n) is 4.96. The Labute approximate surface area is 133 Å². The molecule has 0 spiro atoms. The number of aromatic nitrogens is 1. The molecule has 0 aliphatic heterocycles. The first-order chi connectivity index (χ1) is 9.70. The van der Waals surface area contributed by atoms with E-state index in [0.717, 1.165) is 30.4 Å². The van der Waals surface area contributed by atoms with Crippen LogP contribution in [-0.2, 0) is 6.42 Å². The molecule has 4 heteroatoms. The van der Waals surface area contributed by atoms with E-state index >= 15 is 0 Å². The molecular formula is C16H21BrN2S. The Hall–Kier alpha value is -0.710. The van der Waals surface area contributed by atoms with Crippen molar-refractivity contribution in [2.24, 2.45) is 0 Å². The van der Waals surface area contributed by atoms with Crippen LogP contribution < -0.4 is 5.32 Å². The van der Waals surface area contributed by atoms with Gasteiger partial charge in [0, 0.05) is 15.9 Å². The number of hydrogen-bond donors (Lipinski definition) is 1. The Balaban J connectivity index is 2.05. The molecule has 1 heterocycles. The fraction of sp³-hybridized carbons (Fsp3) is 0.438. The minimum atomic E-state index is 0.550. The molecule has 2 aromatic rings. The number of likely N-dealkylation sites (N-methyl/N-ethyl adjacent to an activating group) is 1. The van der Waals surface area contributed by atoms with Crippen molar-refractivity contribution in [2.75, 3.05) is 13.1 Å². The van der Waals surface area contributed by atoms with Crippen LogP contribution in [0.2, 0.25) is 0 Å². The maximum atomic E-state index is 4.34. The summed E-state index contributed by atoms with van der Waals surface area (Å²) in [6.07, 6.45) is 2.27. The average Bonchev–Trinajstić information content (AvgIpc) is 2.84. The van der Waals surface area contributed by atoms with E-state index in [9.17, 15) is 0 Å². The zero-order chi connectivity index (χ0) is 14.4. The second-order valence-corrected chi connectivity index (χ2v) is 6.81. The summed E-state index contributed by atoms with van der Waals surface area (Å²) in [5, 5.41) is 3.48. The van der Waals surface area contributed by atoms with E-state index in [0.29, 0.717) is 5.92 Å². The summed E-state index contributed by atoms with van der Waals surface area (Å²) in [7, 11) is 0. The van der Waals surface area contributed by atoms with Crippen molar-refractivity contribution in [1.82, 2.24) is 10.3 Å². The van der Waals surface area contributed by atoms with Crippen molar-refractivity contribution in [3.8, 4) is 0 Å². The molecule has 1 atom stereocenters. The fourth-order valence-corrected chi connectivity index (χ4v) is 3.55. The third kappa shape index (κ3) is 4.40. The van der Waals surface area contributed by atoms with E-state index < -0.39 is 0 Å². The molecule has 1 aromatic heterocycles. The average molecular weight is 353 g/mol. The van der Waals surface area contributed by atoms with Crippen molar-refractivity contribution < 1.29 is 0 Å². The molecule has 1 aromatic carbocycles. The molecular weight excluding hydrogens is 332 g/mol. The number of benzene rings is 1. The van der Waals surface area contributed by atoms with Crippen LogP contribution in [-0.4, -0.2) is 18.1 Å². The lowest BCUT2D eigenvalue weighted by Gasteiger charge is -2.18. The number of nitrogens with one attached hydrogen (secondary N) is 1. The summed E-state index contributed by atoms with van der Waals surface area (Å²) in [6.45, 7) is 6.31. The van der Waals surface area contributed by atoms with Crippen LogP contribution in [0.15, 0.2) is 34.2 Å². The zero-order valence-electron chi connectivity index (χ0n) is 12.0. The third-order valence-corrected chi connectivity index (χ3v) is 5.01. The smallest absolute Gasteiger partial charge is 0.0797 e. The van der Waals surface area contributed by atoms with E-state index in [4.69, 9.17) is 0 Å². The van der Waals surface area contributed by atoms with Gasteiger partial charge >= 0.3 is 0 Å². The van der Waals surface area contributed by atoms with E-state index in [1.165, 1.54) is 16.1 Å². The second kappa shape index (κ2) is 7.91. The van der Waals surface area contributed by atoms with Gasteiger partial charge in [0.2, 0.25) is 0 Å². The van der Waals surface area contributed by atoms with E-state index in [-0.39, 0.29) is 0 Å². The predicted octanol–water partition coefficient (Wildman–Crippen LogP) is 4.54. The minimum absolute atomic E-state index is 0.550. The Kier molecular flexibility index (Phi) is 6.20. The van der Waals surface area contributed by atoms with Gasteiger partial charge in [-0.15, -0.1) is 11.3 Å². The van der Waals surface area contributed by atoms with E-state index in [1.54, 1.807) is 11.3 Å². The number of nitrogens with zero attached hydrogens (tertiary/aromatic N) is 1. The van der Waals surface area contributed by atoms with Crippen molar-refractivity contribution in [2.45, 2.75) is 32.6 Å². The van der Waals surface area contributed by atoms with Gasteiger partial charge in [-0.1, -0.05) is 35.0 Å². The summed E-state index contributed by atoms with van der Waals surface area (Å²) in [6, 6.07) is 8.67. The van der Waals surface area contributed by atoms with Crippen LogP contribution in [0.4, 0.5) is 0 Å². The van der Waals surface area contributed by atoms with Gasteiger partial charge < -0.3 is 5.32 Å². The Morgan fingerprint density at radius 2 is 2.25 bits per heavy atom. The fourth-order valence-electron chi connectivity index (χ4n) is 2.34. The van der Waals surface area contributed by atoms with Crippen molar-refractivity contribution >= 4 is 27.3 Å². The van der Waals surface area contributed by atoms with Crippen LogP contribution in [0, 0.1) is 6.92 Å². The zero-order valence-corrected chi connectivity index (χ0v) is 14.4. The SMILES string of the molecule is CCNCC(CCc1scnc1C)c1cccc(Br)c1. The molecule has 0 amide bonds. The Morgan fingerprint density at radius 3 is 2.90 bits per heavy atom. The normalized spacial score (nSPS) is 12.6. The number of halogens is 1. The summed E-state index contributed by atoms with van der Waals surface area (Å²) in [5.74, 6) is 0.550. The van der Waals surface area contributed by atoms with Gasteiger partial charge in [-0.3, -0.25) is 0 Å². The highest BCUT2D eigenvalue weighted by atomic mass is 79.9. The van der Waals surface area contributed by atoms with Crippen LogP contribution >= 0.6 is 27.3 Å². The van der Waals surface area contributed by atoms with E-state index in [1.807, 2.05) is 5.51 Å². The van der Waals surface area contributed by atoms with Crippen molar-refractivity contribution in [3.63, 3.8) is 0 Å². The van der Waals surface area contributed by atoms with Crippen molar-refractivity contribution in [1.29, 1.82) is 0 Å². The Bertz CT molecular complexity index is 539. The molecule has 2 nitrogen and oxygen atoms in total. The van der Waals surface area contributed by atoms with Gasteiger partial charge in [-0.25, -0.2) is 4.98 Å². The molecule has 1 unspecified atom stereocenters. The summed E-state index contributed by atoms with van der Waals surface area (Å²) in [4.78, 5) is 5.76. The molecule has 0 aliphatic rings. The highest BCUT2D eigenvalue weighted by Crippen LogP contribution is 2.25. The van der Waals surface area contributed by atoms with Gasteiger partial charge in [0.25, 0.3) is 0 Å². The van der Waals surface area contributed by atoms with Gasteiger partial charge in [0.05, 0.1) is 11.2 Å². The summed E-state index contributed by atoms with van der Waals surface area (Å²) >= 11 is 5.34. The predicted molar refractivity (Wildman–Crippen MR) is 90.6 cm³/mol. The van der Waals surface area contributed by atoms with Crippen LogP contribution in [0.3, 0.4) is 0 Å². The maximum Gasteiger partial charge on any atom is 0.0797 e. The molecule has 2 rings (SSSR count). The van der Waals surface area contributed by atoms with Crippen LogP contribution in [0.5, 0.6) is 0 Å². The molecule has 1 N–H and O–H groups in total. The highest BCUT2D eigenvalue weighted by molar-refractivity contribution is 9.10. The van der Waals surface area contributed by atoms with Gasteiger partial charge in [-0.05, 0) is 49.9 Å². The molecule has 0 saturated heterocycles. The molecule has 20 heavy (non-hydrogen) atoms. The lowest BCUT2D eigenvalue weighted by atomic mass is 9.93. The minimum Gasteiger partial charge on any atom is -0.316 e. The third-order valence-electron chi connectivity index (χ3n) is 3.53. The molecule has 0 aliphatic carbocycles. The molecule has 0 radical (unpaired) electrons. The maximum absolute atomic E-state index is 4.34. The molecule has 0 saturated carbocycles. The monoisotopic (exact) mass is 352 g/mol. The number of aryl methyl sites for hydroxylation is 2. The van der Waals surface area contributed by atoms with E-state index in [2.05, 4.69) is 64.3 Å². The molecule has 108 valence electrons. The highest BCUT2D eigenvalue weighted by Gasteiger charge is 2.13. The standard InChI is InChI=1S/C16H21BrN2S/c1-3-18-10-14(13-5-4-6-15(17)9-13)7-8-16-12(2)19-11-20-16/h4-6,9,11,14,18H,3,7-8,10H2,1-2H3. The topological polar surface area (TPSA) is 24.9 Å². The summed E-state index contributed by atoms with van der Waals surface area (Å²) in [5.41, 5.74) is 4.54. The lowest BCUT2D eigenvalue weighted by Crippen LogP contribution is -2.21. The number of rotatable bonds is 7. The first-order valence-electron chi connectivity index (χ1n) is 7.05. The number of thiazole rings is 1. The molecule has 0 bridgehead atoms. The number of hydrogen-bond acceptors (Lipinski definition) is 3. The first kappa shape index (κ1) is 15.7. The largest absolute Gasteiger partial charge is 0.316 e. The van der Waals surface area contributed by atoms with Gasteiger partial charge in [0.1, 0.15) is 0 Å². The molecule has 0 fully saturated rings. The first-order valence-corrected chi connectivity index (χ1v) is 8.73. The lowest BCUT2D eigenvalue weighted by molar-refractivity contribution is 0.562. The van der Waals surface area contributed by atoms with Crippen LogP contribution in [0.25, 0.3) is 0 Å². The van der Waals surface area contributed by atoms with Gasteiger partial charge in [-0.2, -0.15) is 0 Å². The van der Waals surface area contributed by atoms with Crippen molar-refractivity contribution in [3.05, 3.63) is 50.4 Å². The van der Waals surface area contributed by atoms with Crippen LogP contribution in [0.1, 0.15) is 35.4 Å². The van der Waals surface area contributed by atoms with Gasteiger partial charge in [0.15, 0.2) is 0 Å². The quantitative estimate of drug-likeness (QED) is 0.791.